The summed E-state index contributed by atoms with van der Waals surface area (Å²) in [5, 5.41) is 3.55. The van der Waals surface area contributed by atoms with E-state index < -0.39 is 0 Å². The third-order valence-electron chi connectivity index (χ3n) is 3.60. The van der Waals surface area contributed by atoms with Crippen molar-refractivity contribution in [3.8, 4) is 0 Å². The molecule has 0 aromatic heterocycles. The molecular formula is C15H23NO. The van der Waals surface area contributed by atoms with E-state index in [1.54, 1.807) is 0 Å². The van der Waals surface area contributed by atoms with Crippen LogP contribution in [-0.4, -0.2) is 25.8 Å². The summed E-state index contributed by atoms with van der Waals surface area (Å²) in [5.41, 5.74) is 1.44. The van der Waals surface area contributed by atoms with Crippen LogP contribution >= 0.6 is 0 Å². The van der Waals surface area contributed by atoms with Crippen LogP contribution < -0.4 is 5.32 Å². The number of rotatable bonds is 6. The van der Waals surface area contributed by atoms with E-state index in [2.05, 4.69) is 42.6 Å². The van der Waals surface area contributed by atoms with Crippen molar-refractivity contribution in [3.63, 3.8) is 0 Å². The SMILES string of the molecule is CC1OCCC1CNCCCc1ccccc1. The van der Waals surface area contributed by atoms with Crippen LogP contribution in [0, 0.1) is 5.92 Å². The van der Waals surface area contributed by atoms with Crippen molar-refractivity contribution in [3.05, 3.63) is 35.9 Å². The van der Waals surface area contributed by atoms with Crippen molar-refractivity contribution in [1.82, 2.24) is 5.32 Å². The monoisotopic (exact) mass is 233 g/mol. The molecule has 2 rings (SSSR count). The molecule has 1 fully saturated rings. The molecule has 0 saturated carbocycles. The molecule has 2 unspecified atom stereocenters. The molecule has 0 aliphatic carbocycles. The normalized spacial score (nSPS) is 24.1. The van der Waals surface area contributed by atoms with E-state index in [0.29, 0.717) is 12.0 Å². The predicted molar refractivity (Wildman–Crippen MR) is 71.2 cm³/mol. The smallest absolute Gasteiger partial charge is 0.0588 e. The average molecular weight is 233 g/mol. The third kappa shape index (κ3) is 4.14. The summed E-state index contributed by atoms with van der Waals surface area (Å²) in [4.78, 5) is 0. The number of aryl methyl sites for hydroxylation is 1. The first-order valence-electron chi connectivity index (χ1n) is 6.72. The van der Waals surface area contributed by atoms with Crippen LogP contribution in [0.15, 0.2) is 30.3 Å². The molecule has 17 heavy (non-hydrogen) atoms. The van der Waals surface area contributed by atoms with Gasteiger partial charge in [0.1, 0.15) is 0 Å². The Balaban J connectivity index is 1.55. The first kappa shape index (κ1) is 12.6. The second-order valence-corrected chi connectivity index (χ2v) is 4.92. The quantitative estimate of drug-likeness (QED) is 0.763. The van der Waals surface area contributed by atoms with E-state index >= 15 is 0 Å². The fraction of sp³-hybridized carbons (Fsp3) is 0.600. The van der Waals surface area contributed by atoms with Gasteiger partial charge in [-0.15, -0.1) is 0 Å². The first-order valence-corrected chi connectivity index (χ1v) is 6.72. The molecule has 0 spiro atoms. The largest absolute Gasteiger partial charge is 0.378 e. The van der Waals surface area contributed by atoms with Crippen LogP contribution in [-0.2, 0) is 11.2 Å². The maximum absolute atomic E-state index is 5.55. The highest BCUT2D eigenvalue weighted by molar-refractivity contribution is 5.14. The van der Waals surface area contributed by atoms with Gasteiger partial charge in [0.15, 0.2) is 0 Å². The standard InChI is InChI=1S/C15H23NO/c1-13-15(9-11-17-13)12-16-10-5-8-14-6-3-2-4-7-14/h2-4,6-7,13,15-16H,5,8-12H2,1H3. The zero-order valence-corrected chi connectivity index (χ0v) is 10.7. The van der Waals surface area contributed by atoms with E-state index in [9.17, 15) is 0 Å². The Morgan fingerprint density at radius 3 is 2.82 bits per heavy atom. The first-order chi connectivity index (χ1) is 8.36. The second kappa shape index (κ2) is 6.77. The highest BCUT2D eigenvalue weighted by Gasteiger charge is 2.23. The highest BCUT2D eigenvalue weighted by atomic mass is 16.5. The lowest BCUT2D eigenvalue weighted by atomic mass is 10.0. The molecule has 1 aromatic carbocycles. The minimum absolute atomic E-state index is 0.441. The van der Waals surface area contributed by atoms with Gasteiger partial charge in [0.05, 0.1) is 6.10 Å². The zero-order chi connectivity index (χ0) is 11.9. The molecule has 0 radical (unpaired) electrons. The Morgan fingerprint density at radius 1 is 1.29 bits per heavy atom. The van der Waals surface area contributed by atoms with Crippen molar-refractivity contribution >= 4 is 0 Å². The van der Waals surface area contributed by atoms with Gasteiger partial charge in [-0.3, -0.25) is 0 Å². The molecule has 1 aromatic rings. The Hall–Kier alpha value is -0.860. The summed E-state index contributed by atoms with van der Waals surface area (Å²) in [5.74, 6) is 0.715. The summed E-state index contributed by atoms with van der Waals surface area (Å²) >= 11 is 0. The molecule has 1 N–H and O–H groups in total. The molecule has 1 saturated heterocycles. The molecule has 94 valence electrons. The molecule has 2 atom stereocenters. The molecule has 0 bridgehead atoms. The molecule has 0 amide bonds. The molecular weight excluding hydrogens is 210 g/mol. The van der Waals surface area contributed by atoms with Crippen molar-refractivity contribution in [2.75, 3.05) is 19.7 Å². The Morgan fingerprint density at radius 2 is 2.12 bits per heavy atom. The zero-order valence-electron chi connectivity index (χ0n) is 10.7. The van der Waals surface area contributed by atoms with Crippen LogP contribution in [0.1, 0.15) is 25.3 Å². The van der Waals surface area contributed by atoms with E-state index in [-0.39, 0.29) is 0 Å². The van der Waals surface area contributed by atoms with E-state index in [1.165, 1.54) is 24.8 Å². The van der Waals surface area contributed by atoms with Gasteiger partial charge in [-0.2, -0.15) is 0 Å². The van der Waals surface area contributed by atoms with E-state index in [4.69, 9.17) is 4.74 Å². The van der Waals surface area contributed by atoms with Gasteiger partial charge >= 0.3 is 0 Å². The van der Waals surface area contributed by atoms with Gasteiger partial charge in [-0.1, -0.05) is 30.3 Å². The Labute approximate surface area is 104 Å². The van der Waals surface area contributed by atoms with E-state index in [0.717, 1.165) is 19.7 Å². The van der Waals surface area contributed by atoms with Crippen molar-refractivity contribution in [1.29, 1.82) is 0 Å². The lowest BCUT2D eigenvalue weighted by Crippen LogP contribution is -2.27. The third-order valence-corrected chi connectivity index (χ3v) is 3.60. The maximum atomic E-state index is 5.55. The van der Waals surface area contributed by atoms with Crippen molar-refractivity contribution in [2.24, 2.45) is 5.92 Å². The van der Waals surface area contributed by atoms with Crippen molar-refractivity contribution in [2.45, 2.75) is 32.3 Å². The maximum Gasteiger partial charge on any atom is 0.0588 e. The molecule has 2 heteroatoms. The fourth-order valence-electron chi connectivity index (χ4n) is 2.39. The Bertz CT molecular complexity index is 312. The lowest BCUT2D eigenvalue weighted by Gasteiger charge is -2.14. The summed E-state index contributed by atoms with van der Waals surface area (Å²) < 4.78 is 5.55. The van der Waals surface area contributed by atoms with Gasteiger partial charge < -0.3 is 10.1 Å². The molecule has 1 aliphatic rings. The number of hydrogen-bond acceptors (Lipinski definition) is 2. The van der Waals surface area contributed by atoms with Gasteiger partial charge in [0.2, 0.25) is 0 Å². The van der Waals surface area contributed by atoms with Crippen LogP contribution in [0.3, 0.4) is 0 Å². The topological polar surface area (TPSA) is 21.3 Å². The van der Waals surface area contributed by atoms with Gasteiger partial charge in [0.25, 0.3) is 0 Å². The summed E-state index contributed by atoms with van der Waals surface area (Å²) in [6.45, 7) is 5.34. The average Bonchev–Trinajstić information content (AvgIpc) is 2.76. The minimum atomic E-state index is 0.441. The Kier molecular flexibility index (Phi) is 5.02. The number of ether oxygens (including phenoxy) is 1. The predicted octanol–water partition coefficient (Wildman–Crippen LogP) is 2.63. The van der Waals surface area contributed by atoms with Crippen LogP contribution in [0.5, 0.6) is 0 Å². The van der Waals surface area contributed by atoms with Gasteiger partial charge in [-0.25, -0.2) is 0 Å². The van der Waals surface area contributed by atoms with Crippen LogP contribution in [0.4, 0.5) is 0 Å². The highest BCUT2D eigenvalue weighted by Crippen LogP contribution is 2.19. The number of nitrogens with one attached hydrogen (secondary N) is 1. The molecule has 1 aliphatic heterocycles. The lowest BCUT2D eigenvalue weighted by molar-refractivity contribution is 0.105. The van der Waals surface area contributed by atoms with Crippen LogP contribution in [0.25, 0.3) is 0 Å². The van der Waals surface area contributed by atoms with Gasteiger partial charge in [0, 0.05) is 13.2 Å². The molecule has 2 nitrogen and oxygen atoms in total. The molecule has 1 heterocycles. The fourth-order valence-corrected chi connectivity index (χ4v) is 2.39. The van der Waals surface area contributed by atoms with Crippen LogP contribution in [0.2, 0.25) is 0 Å². The van der Waals surface area contributed by atoms with Gasteiger partial charge in [-0.05, 0) is 44.2 Å². The summed E-state index contributed by atoms with van der Waals surface area (Å²) in [6.07, 6.45) is 4.04. The van der Waals surface area contributed by atoms with E-state index in [1.807, 2.05) is 0 Å². The second-order valence-electron chi connectivity index (χ2n) is 4.92. The number of hydrogen-bond donors (Lipinski definition) is 1. The summed E-state index contributed by atoms with van der Waals surface area (Å²) in [7, 11) is 0. The summed E-state index contributed by atoms with van der Waals surface area (Å²) in [6, 6.07) is 10.7. The van der Waals surface area contributed by atoms with Crippen molar-refractivity contribution < 1.29 is 4.74 Å². The minimum Gasteiger partial charge on any atom is -0.378 e. The number of benzene rings is 1.